The Labute approximate surface area is 196 Å². The van der Waals surface area contributed by atoms with E-state index in [4.69, 9.17) is 11.6 Å². The molecule has 0 bridgehead atoms. The van der Waals surface area contributed by atoms with Crippen molar-refractivity contribution in [2.45, 2.75) is 37.7 Å². The van der Waals surface area contributed by atoms with Gasteiger partial charge in [-0.2, -0.15) is 0 Å². The van der Waals surface area contributed by atoms with Gasteiger partial charge in [-0.3, -0.25) is 0 Å². The topological polar surface area (TPSA) is 23.5 Å². The van der Waals surface area contributed by atoms with Crippen molar-refractivity contribution in [3.63, 3.8) is 0 Å². The maximum absolute atomic E-state index is 11.9. The van der Waals surface area contributed by atoms with Crippen molar-refractivity contribution in [2.24, 2.45) is 0 Å². The summed E-state index contributed by atoms with van der Waals surface area (Å²) in [4.78, 5) is 3.66. The number of aryl methyl sites for hydroxylation is 1. The molecule has 0 aliphatic heterocycles. The third kappa shape index (κ3) is 6.36. The number of thioether (sulfide) groups is 1. The molecule has 0 aliphatic carbocycles. The van der Waals surface area contributed by atoms with Crippen LogP contribution >= 0.6 is 23.4 Å². The molecule has 4 heteroatoms. The lowest BCUT2D eigenvalue weighted by atomic mass is 9.81. The van der Waals surface area contributed by atoms with Crippen LogP contribution in [0.15, 0.2) is 77.7 Å². The van der Waals surface area contributed by atoms with Crippen molar-refractivity contribution < 1.29 is 5.11 Å². The van der Waals surface area contributed by atoms with Crippen LogP contribution in [0.25, 0.3) is 0 Å². The summed E-state index contributed by atoms with van der Waals surface area (Å²) in [6.45, 7) is 9.73. The summed E-state index contributed by atoms with van der Waals surface area (Å²) in [6.07, 6.45) is 0.488. The Hall–Kier alpha value is -1.78. The number of hydrogen-bond donors (Lipinski definition) is 1. The fourth-order valence-corrected chi connectivity index (χ4v) is 4.80. The van der Waals surface area contributed by atoms with Crippen molar-refractivity contribution in [3.8, 4) is 0 Å². The van der Waals surface area contributed by atoms with E-state index >= 15 is 0 Å². The van der Waals surface area contributed by atoms with E-state index in [0.717, 1.165) is 42.1 Å². The van der Waals surface area contributed by atoms with Crippen molar-refractivity contribution >= 4 is 23.4 Å². The minimum absolute atomic E-state index is 0.488. The van der Waals surface area contributed by atoms with Gasteiger partial charge in [0.05, 0.1) is 0 Å². The van der Waals surface area contributed by atoms with Crippen LogP contribution in [0.4, 0.5) is 0 Å². The molecule has 0 saturated carbocycles. The lowest BCUT2D eigenvalue weighted by Gasteiger charge is -2.30. The van der Waals surface area contributed by atoms with E-state index in [9.17, 15) is 5.11 Å². The number of aliphatic hydroxyl groups is 1. The van der Waals surface area contributed by atoms with E-state index < -0.39 is 5.60 Å². The summed E-state index contributed by atoms with van der Waals surface area (Å²) in [6, 6.07) is 24.3. The molecule has 3 rings (SSSR count). The van der Waals surface area contributed by atoms with Gasteiger partial charge in [0.15, 0.2) is 0 Å². The van der Waals surface area contributed by atoms with Crippen LogP contribution in [0.1, 0.15) is 36.1 Å². The minimum atomic E-state index is -1.11. The van der Waals surface area contributed by atoms with Crippen LogP contribution < -0.4 is 0 Å². The van der Waals surface area contributed by atoms with Crippen LogP contribution in [0, 0.1) is 6.92 Å². The Morgan fingerprint density at radius 2 is 1.39 bits per heavy atom. The monoisotopic (exact) mass is 453 g/mol. The first-order chi connectivity index (χ1) is 14.9. The highest BCUT2D eigenvalue weighted by Gasteiger charge is 2.32. The molecule has 1 atom stereocenters. The molecule has 0 spiro atoms. The van der Waals surface area contributed by atoms with Gasteiger partial charge in [0.2, 0.25) is 0 Å². The number of halogens is 1. The van der Waals surface area contributed by atoms with E-state index in [1.54, 1.807) is 0 Å². The Balaban J connectivity index is 1.83. The third-order valence-corrected chi connectivity index (χ3v) is 7.05. The maximum atomic E-state index is 11.9. The average Bonchev–Trinajstić information content (AvgIpc) is 2.79. The molecule has 3 aromatic carbocycles. The lowest BCUT2D eigenvalue weighted by Crippen LogP contribution is -2.30. The van der Waals surface area contributed by atoms with Crippen molar-refractivity contribution in [3.05, 3.63) is 100 Å². The predicted molar refractivity (Wildman–Crippen MR) is 134 cm³/mol. The highest BCUT2D eigenvalue weighted by atomic mass is 35.5. The average molecular weight is 454 g/mol. The molecule has 1 unspecified atom stereocenters. The molecule has 0 aliphatic rings. The second-order valence-corrected chi connectivity index (χ2v) is 9.53. The molecule has 164 valence electrons. The van der Waals surface area contributed by atoms with Crippen LogP contribution in [0.2, 0.25) is 5.02 Å². The van der Waals surface area contributed by atoms with Gasteiger partial charge in [0.25, 0.3) is 0 Å². The molecule has 0 aromatic heterocycles. The Morgan fingerprint density at radius 1 is 0.839 bits per heavy atom. The smallest absolute Gasteiger partial charge is 0.119 e. The number of rotatable bonds is 10. The molecule has 0 saturated heterocycles. The number of benzene rings is 3. The van der Waals surface area contributed by atoms with Gasteiger partial charge in [0, 0.05) is 28.6 Å². The quantitative estimate of drug-likeness (QED) is 0.351. The molecule has 0 radical (unpaired) electrons. The first kappa shape index (κ1) is 23.9. The van der Waals surface area contributed by atoms with Crippen molar-refractivity contribution in [1.29, 1.82) is 0 Å². The standard InChI is InChI=1S/C27H32ClNOS/c1-4-29(5-2)18-19-31-26-16-12-24(13-17-26)27(30,23-10-6-21(3)7-11-23)20-22-8-14-25(28)15-9-22/h6-17,30H,4-5,18-20H2,1-3H3. The second-order valence-electron chi connectivity index (χ2n) is 7.93. The zero-order chi connectivity index (χ0) is 22.3. The van der Waals surface area contributed by atoms with E-state index in [2.05, 4.69) is 62.1 Å². The van der Waals surface area contributed by atoms with Crippen LogP contribution in [0.5, 0.6) is 0 Å². The number of hydrogen-bond acceptors (Lipinski definition) is 3. The summed E-state index contributed by atoms with van der Waals surface area (Å²) in [5, 5.41) is 12.6. The molecule has 1 N–H and O–H groups in total. The van der Waals surface area contributed by atoms with E-state index in [0.29, 0.717) is 11.4 Å². The zero-order valence-corrected chi connectivity index (χ0v) is 20.2. The summed E-state index contributed by atoms with van der Waals surface area (Å²) in [7, 11) is 0. The van der Waals surface area contributed by atoms with E-state index in [1.165, 1.54) is 10.5 Å². The maximum Gasteiger partial charge on any atom is 0.119 e. The molecule has 0 heterocycles. The fourth-order valence-electron chi connectivity index (χ4n) is 3.76. The first-order valence-electron chi connectivity index (χ1n) is 10.9. The SMILES string of the molecule is CCN(CC)CCSc1ccc(C(O)(Cc2ccc(Cl)cc2)c2ccc(C)cc2)cc1. The van der Waals surface area contributed by atoms with Crippen molar-refractivity contribution in [1.82, 2.24) is 4.90 Å². The molecular weight excluding hydrogens is 422 g/mol. The van der Waals surface area contributed by atoms with Crippen LogP contribution in [-0.2, 0) is 12.0 Å². The summed E-state index contributed by atoms with van der Waals surface area (Å²) >= 11 is 7.93. The summed E-state index contributed by atoms with van der Waals surface area (Å²) < 4.78 is 0. The largest absolute Gasteiger partial charge is 0.380 e. The first-order valence-corrected chi connectivity index (χ1v) is 12.3. The fraction of sp³-hybridized carbons (Fsp3) is 0.333. The molecule has 0 fully saturated rings. The minimum Gasteiger partial charge on any atom is -0.380 e. The van der Waals surface area contributed by atoms with Gasteiger partial charge in [-0.25, -0.2) is 0 Å². The summed E-state index contributed by atoms with van der Waals surface area (Å²) in [5.74, 6) is 1.06. The third-order valence-electron chi connectivity index (χ3n) is 5.80. The predicted octanol–water partition coefficient (Wildman–Crippen LogP) is 6.56. The Kier molecular flexibility index (Phi) is 8.62. The van der Waals surface area contributed by atoms with Gasteiger partial charge in [0.1, 0.15) is 5.60 Å². The van der Waals surface area contributed by atoms with Crippen molar-refractivity contribution in [2.75, 3.05) is 25.4 Å². The van der Waals surface area contributed by atoms with Gasteiger partial charge >= 0.3 is 0 Å². The lowest BCUT2D eigenvalue weighted by molar-refractivity contribution is 0.0811. The van der Waals surface area contributed by atoms with Gasteiger partial charge in [-0.05, 0) is 61.0 Å². The highest BCUT2D eigenvalue weighted by molar-refractivity contribution is 7.99. The summed E-state index contributed by atoms with van der Waals surface area (Å²) in [5.41, 5.74) is 2.92. The molecule has 31 heavy (non-hydrogen) atoms. The normalized spacial score (nSPS) is 13.4. The van der Waals surface area contributed by atoms with Gasteiger partial charge in [-0.15, -0.1) is 11.8 Å². The van der Waals surface area contributed by atoms with Gasteiger partial charge < -0.3 is 10.0 Å². The number of nitrogens with zero attached hydrogens (tertiary/aromatic N) is 1. The molecule has 0 amide bonds. The second kappa shape index (κ2) is 11.2. The van der Waals surface area contributed by atoms with Gasteiger partial charge in [-0.1, -0.05) is 79.5 Å². The van der Waals surface area contributed by atoms with Crippen LogP contribution in [0.3, 0.4) is 0 Å². The molecule has 3 aromatic rings. The highest BCUT2D eigenvalue weighted by Crippen LogP contribution is 2.35. The van der Waals surface area contributed by atoms with Crippen LogP contribution in [-0.4, -0.2) is 35.4 Å². The Morgan fingerprint density at radius 3 is 1.94 bits per heavy atom. The molecular formula is C27H32ClNOS. The van der Waals surface area contributed by atoms with E-state index in [1.807, 2.05) is 48.2 Å². The Bertz CT molecular complexity index is 936. The zero-order valence-electron chi connectivity index (χ0n) is 18.6. The van der Waals surface area contributed by atoms with E-state index in [-0.39, 0.29) is 0 Å². The molecule has 2 nitrogen and oxygen atoms in total.